The summed E-state index contributed by atoms with van der Waals surface area (Å²) in [6.45, 7) is 4.18. The normalized spacial score (nSPS) is 11.3. The minimum absolute atomic E-state index is 0.525. The molecule has 0 amide bonds. The van der Waals surface area contributed by atoms with E-state index in [1.807, 2.05) is 24.3 Å². The van der Waals surface area contributed by atoms with Crippen molar-refractivity contribution in [2.24, 2.45) is 0 Å². The molecule has 0 unspecified atom stereocenters. The predicted octanol–water partition coefficient (Wildman–Crippen LogP) is 3.42. The molecule has 0 aliphatic carbocycles. The SMILES string of the molecule is CCCNCCCc1nnc(-c2coc3ccccc23)o1. The van der Waals surface area contributed by atoms with Gasteiger partial charge < -0.3 is 14.2 Å². The Morgan fingerprint density at radius 2 is 2.05 bits per heavy atom. The Hall–Kier alpha value is -2.14. The maximum atomic E-state index is 5.73. The van der Waals surface area contributed by atoms with Crippen LogP contribution in [0, 0.1) is 0 Å². The molecule has 1 N–H and O–H groups in total. The number of nitrogens with one attached hydrogen (secondary N) is 1. The highest BCUT2D eigenvalue weighted by atomic mass is 16.4. The van der Waals surface area contributed by atoms with Crippen molar-refractivity contribution >= 4 is 11.0 Å². The van der Waals surface area contributed by atoms with Crippen LogP contribution in [0.2, 0.25) is 0 Å². The Balaban J connectivity index is 1.67. The second kappa shape index (κ2) is 6.54. The summed E-state index contributed by atoms with van der Waals surface area (Å²) in [5, 5.41) is 12.6. The summed E-state index contributed by atoms with van der Waals surface area (Å²) in [5.41, 5.74) is 1.68. The molecule has 0 atom stereocenters. The van der Waals surface area contributed by atoms with Gasteiger partial charge in [-0.1, -0.05) is 25.1 Å². The molecule has 1 aromatic carbocycles. The third-order valence-corrected chi connectivity index (χ3v) is 3.35. The molecule has 110 valence electrons. The van der Waals surface area contributed by atoms with Crippen LogP contribution in [0.15, 0.2) is 39.4 Å². The van der Waals surface area contributed by atoms with Crippen LogP contribution in [0.4, 0.5) is 0 Å². The smallest absolute Gasteiger partial charge is 0.251 e. The number of para-hydroxylation sites is 1. The highest BCUT2D eigenvalue weighted by Crippen LogP contribution is 2.29. The molecule has 2 aromatic heterocycles. The van der Waals surface area contributed by atoms with Crippen LogP contribution in [0.1, 0.15) is 25.7 Å². The van der Waals surface area contributed by atoms with E-state index >= 15 is 0 Å². The van der Waals surface area contributed by atoms with Gasteiger partial charge in [-0.15, -0.1) is 10.2 Å². The first-order valence-corrected chi connectivity index (χ1v) is 7.38. The summed E-state index contributed by atoms with van der Waals surface area (Å²) in [6.07, 6.45) is 4.61. The summed E-state index contributed by atoms with van der Waals surface area (Å²) in [5.74, 6) is 1.20. The summed E-state index contributed by atoms with van der Waals surface area (Å²) in [4.78, 5) is 0. The molecule has 0 fully saturated rings. The van der Waals surface area contributed by atoms with Crippen LogP contribution in [0.25, 0.3) is 22.4 Å². The number of benzene rings is 1. The lowest BCUT2D eigenvalue weighted by Crippen LogP contribution is -2.16. The number of rotatable bonds is 7. The van der Waals surface area contributed by atoms with Crippen molar-refractivity contribution in [3.8, 4) is 11.5 Å². The van der Waals surface area contributed by atoms with E-state index in [1.54, 1.807) is 6.26 Å². The summed E-state index contributed by atoms with van der Waals surface area (Å²) in [7, 11) is 0. The molecule has 21 heavy (non-hydrogen) atoms. The molecule has 0 aliphatic heterocycles. The number of hydrogen-bond donors (Lipinski definition) is 1. The summed E-state index contributed by atoms with van der Waals surface area (Å²) in [6, 6.07) is 7.83. The van der Waals surface area contributed by atoms with Crippen molar-refractivity contribution in [2.45, 2.75) is 26.2 Å². The Morgan fingerprint density at radius 1 is 1.14 bits per heavy atom. The van der Waals surface area contributed by atoms with Crippen molar-refractivity contribution in [3.63, 3.8) is 0 Å². The maximum absolute atomic E-state index is 5.73. The second-order valence-corrected chi connectivity index (χ2v) is 5.00. The van der Waals surface area contributed by atoms with E-state index in [-0.39, 0.29) is 0 Å². The Labute approximate surface area is 123 Å². The van der Waals surface area contributed by atoms with Crippen LogP contribution < -0.4 is 5.32 Å². The van der Waals surface area contributed by atoms with Crippen molar-refractivity contribution in [2.75, 3.05) is 13.1 Å². The van der Waals surface area contributed by atoms with Gasteiger partial charge in [0.2, 0.25) is 5.89 Å². The lowest BCUT2D eigenvalue weighted by molar-refractivity contribution is 0.490. The van der Waals surface area contributed by atoms with Gasteiger partial charge in [0.1, 0.15) is 11.8 Å². The van der Waals surface area contributed by atoms with E-state index < -0.39 is 0 Å². The lowest BCUT2D eigenvalue weighted by Gasteiger charge is -1.99. The summed E-state index contributed by atoms with van der Waals surface area (Å²) >= 11 is 0. The lowest BCUT2D eigenvalue weighted by atomic mass is 10.2. The molecule has 3 rings (SSSR count). The first kappa shape index (κ1) is 13.8. The van der Waals surface area contributed by atoms with E-state index in [0.29, 0.717) is 11.8 Å². The average Bonchev–Trinajstić information content (AvgIpc) is 3.13. The number of hydrogen-bond acceptors (Lipinski definition) is 5. The molecular weight excluding hydrogens is 266 g/mol. The minimum Gasteiger partial charge on any atom is -0.463 e. The van der Waals surface area contributed by atoms with Crippen LogP contribution in [0.3, 0.4) is 0 Å². The van der Waals surface area contributed by atoms with Gasteiger partial charge in [0.25, 0.3) is 5.89 Å². The van der Waals surface area contributed by atoms with Crippen LogP contribution in [-0.2, 0) is 6.42 Å². The van der Waals surface area contributed by atoms with Crippen LogP contribution in [0.5, 0.6) is 0 Å². The maximum Gasteiger partial charge on any atom is 0.251 e. The van der Waals surface area contributed by atoms with Gasteiger partial charge in [-0.3, -0.25) is 0 Å². The van der Waals surface area contributed by atoms with Crippen molar-refractivity contribution < 1.29 is 8.83 Å². The Morgan fingerprint density at radius 3 is 2.95 bits per heavy atom. The first-order chi connectivity index (χ1) is 10.4. The quantitative estimate of drug-likeness (QED) is 0.674. The van der Waals surface area contributed by atoms with E-state index in [0.717, 1.165) is 48.9 Å². The molecule has 3 aromatic rings. The number of aromatic nitrogens is 2. The number of fused-ring (bicyclic) bond motifs is 1. The minimum atomic E-state index is 0.525. The molecule has 0 saturated heterocycles. The van der Waals surface area contributed by atoms with Gasteiger partial charge in [0.05, 0.1) is 5.56 Å². The molecular formula is C16H19N3O2. The number of nitrogens with zero attached hydrogens (tertiary/aromatic N) is 2. The van der Waals surface area contributed by atoms with Crippen LogP contribution in [-0.4, -0.2) is 23.3 Å². The molecule has 0 saturated carbocycles. The standard InChI is InChI=1S/C16H19N3O2/c1-2-9-17-10-5-8-15-18-19-16(21-15)13-11-20-14-7-4-3-6-12(13)14/h3-4,6-7,11,17H,2,5,8-10H2,1H3. The van der Waals surface area contributed by atoms with Crippen LogP contribution >= 0.6 is 0 Å². The number of aryl methyl sites for hydroxylation is 1. The van der Waals surface area contributed by atoms with Gasteiger partial charge in [0, 0.05) is 11.8 Å². The zero-order chi connectivity index (χ0) is 14.5. The van der Waals surface area contributed by atoms with Crippen molar-refractivity contribution in [1.29, 1.82) is 0 Å². The third-order valence-electron chi connectivity index (χ3n) is 3.35. The molecule has 0 spiro atoms. The van der Waals surface area contributed by atoms with E-state index in [9.17, 15) is 0 Å². The van der Waals surface area contributed by atoms with E-state index in [1.165, 1.54) is 0 Å². The van der Waals surface area contributed by atoms with E-state index in [2.05, 4.69) is 22.4 Å². The number of furan rings is 1. The molecule has 2 heterocycles. The molecule has 0 bridgehead atoms. The first-order valence-electron chi connectivity index (χ1n) is 7.38. The Bertz CT molecular complexity index is 702. The monoisotopic (exact) mass is 285 g/mol. The highest BCUT2D eigenvalue weighted by molar-refractivity contribution is 5.91. The fourth-order valence-corrected chi connectivity index (χ4v) is 2.27. The highest BCUT2D eigenvalue weighted by Gasteiger charge is 2.14. The van der Waals surface area contributed by atoms with Gasteiger partial charge in [-0.2, -0.15) is 0 Å². The largest absolute Gasteiger partial charge is 0.463 e. The van der Waals surface area contributed by atoms with Gasteiger partial charge in [-0.05, 0) is 32.0 Å². The molecule has 5 nitrogen and oxygen atoms in total. The van der Waals surface area contributed by atoms with Crippen molar-refractivity contribution in [1.82, 2.24) is 15.5 Å². The molecule has 5 heteroatoms. The van der Waals surface area contributed by atoms with E-state index in [4.69, 9.17) is 8.83 Å². The zero-order valence-electron chi connectivity index (χ0n) is 12.1. The third kappa shape index (κ3) is 3.13. The zero-order valence-corrected chi connectivity index (χ0v) is 12.1. The fourth-order valence-electron chi connectivity index (χ4n) is 2.27. The average molecular weight is 285 g/mol. The Kier molecular flexibility index (Phi) is 4.31. The van der Waals surface area contributed by atoms with Crippen molar-refractivity contribution in [3.05, 3.63) is 36.4 Å². The molecule has 0 radical (unpaired) electrons. The summed E-state index contributed by atoms with van der Waals surface area (Å²) < 4.78 is 11.2. The van der Waals surface area contributed by atoms with Gasteiger partial charge in [-0.25, -0.2) is 0 Å². The van der Waals surface area contributed by atoms with Gasteiger partial charge in [0.15, 0.2) is 0 Å². The second-order valence-electron chi connectivity index (χ2n) is 5.00. The molecule has 0 aliphatic rings. The topological polar surface area (TPSA) is 64.1 Å². The fraction of sp³-hybridized carbons (Fsp3) is 0.375. The predicted molar refractivity (Wildman–Crippen MR) is 81.0 cm³/mol. The van der Waals surface area contributed by atoms with Gasteiger partial charge >= 0.3 is 0 Å².